The van der Waals surface area contributed by atoms with Crippen LogP contribution in [0.4, 0.5) is 5.69 Å². The van der Waals surface area contributed by atoms with Crippen molar-refractivity contribution in [2.45, 2.75) is 39.5 Å². The molecule has 0 aliphatic carbocycles. The van der Waals surface area contributed by atoms with E-state index in [4.69, 9.17) is 4.98 Å². The van der Waals surface area contributed by atoms with Gasteiger partial charge in [-0.3, -0.25) is 4.98 Å². The van der Waals surface area contributed by atoms with Gasteiger partial charge in [0.15, 0.2) is 0 Å². The molecule has 2 aromatic rings. The first kappa shape index (κ1) is 13.6. The van der Waals surface area contributed by atoms with E-state index in [0.717, 1.165) is 5.69 Å². The fourth-order valence-corrected chi connectivity index (χ4v) is 4.05. The first-order valence-electron chi connectivity index (χ1n) is 7.63. The molecule has 3 aliphatic heterocycles. The van der Waals surface area contributed by atoms with Gasteiger partial charge in [0.1, 0.15) is 0 Å². The van der Waals surface area contributed by atoms with Crippen LogP contribution >= 0.6 is 11.3 Å². The van der Waals surface area contributed by atoms with E-state index >= 15 is 0 Å². The summed E-state index contributed by atoms with van der Waals surface area (Å²) in [6.07, 6.45) is 2.57. The molecule has 0 aromatic carbocycles. The number of fused-ring (bicyclic) bond motifs is 2. The van der Waals surface area contributed by atoms with Gasteiger partial charge in [-0.05, 0) is 37.3 Å². The van der Waals surface area contributed by atoms with E-state index in [9.17, 15) is 0 Å². The Balaban J connectivity index is 0.000000581. The third-order valence-electron chi connectivity index (χ3n) is 4.13. The van der Waals surface area contributed by atoms with Gasteiger partial charge in [-0.2, -0.15) is 0 Å². The van der Waals surface area contributed by atoms with Crippen molar-refractivity contribution < 1.29 is 0 Å². The van der Waals surface area contributed by atoms with Crippen molar-refractivity contribution >= 4 is 17.0 Å². The summed E-state index contributed by atoms with van der Waals surface area (Å²) in [6, 6.07) is 6.62. The van der Waals surface area contributed by atoms with Crippen LogP contribution in [-0.4, -0.2) is 18.1 Å². The number of nitrogens with zero attached hydrogens (tertiary/aromatic N) is 2. The summed E-state index contributed by atoms with van der Waals surface area (Å²) in [5, 5.41) is 2.16. The highest BCUT2D eigenvalue weighted by Gasteiger charge is 2.34. The first-order chi connectivity index (χ1) is 9.83. The molecule has 106 valence electrons. The van der Waals surface area contributed by atoms with Crippen LogP contribution in [-0.2, 0) is 0 Å². The van der Waals surface area contributed by atoms with Crippen molar-refractivity contribution in [1.82, 2.24) is 4.98 Å². The van der Waals surface area contributed by atoms with Gasteiger partial charge in [0.25, 0.3) is 0 Å². The predicted molar refractivity (Wildman–Crippen MR) is 87.8 cm³/mol. The number of pyridine rings is 1. The first-order valence-corrected chi connectivity index (χ1v) is 8.51. The van der Waals surface area contributed by atoms with Gasteiger partial charge >= 0.3 is 0 Å². The highest BCUT2D eigenvalue weighted by molar-refractivity contribution is 7.13. The van der Waals surface area contributed by atoms with Crippen LogP contribution in [0.2, 0.25) is 0 Å². The lowest BCUT2D eigenvalue weighted by atomic mass is 9.84. The summed E-state index contributed by atoms with van der Waals surface area (Å²) < 4.78 is 0. The Kier molecular flexibility index (Phi) is 3.79. The molecule has 1 saturated heterocycles. The maximum Gasteiger partial charge on any atom is 0.0678 e. The van der Waals surface area contributed by atoms with Crippen molar-refractivity contribution in [2.75, 3.05) is 18.0 Å². The van der Waals surface area contributed by atoms with Crippen molar-refractivity contribution in [1.29, 1.82) is 0 Å². The Morgan fingerprint density at radius 3 is 2.65 bits per heavy atom. The lowest BCUT2D eigenvalue weighted by Crippen LogP contribution is -2.39. The number of aryl methyl sites for hydroxylation is 1. The molecule has 1 fully saturated rings. The van der Waals surface area contributed by atoms with Crippen molar-refractivity contribution in [3.8, 4) is 10.4 Å². The largest absolute Gasteiger partial charge is 0.369 e. The second kappa shape index (κ2) is 5.57. The van der Waals surface area contributed by atoms with Crippen LogP contribution in [0.15, 0.2) is 23.6 Å². The molecule has 20 heavy (non-hydrogen) atoms. The summed E-state index contributed by atoms with van der Waals surface area (Å²) in [6.45, 7) is 8.54. The molecule has 0 radical (unpaired) electrons. The third kappa shape index (κ3) is 2.14. The van der Waals surface area contributed by atoms with E-state index in [2.05, 4.69) is 35.4 Å². The van der Waals surface area contributed by atoms with E-state index in [0.29, 0.717) is 5.92 Å². The second-order valence-electron chi connectivity index (χ2n) is 5.28. The predicted octanol–water partition coefficient (Wildman–Crippen LogP) is 4.84. The van der Waals surface area contributed by atoms with E-state index in [1.807, 2.05) is 25.2 Å². The van der Waals surface area contributed by atoms with E-state index in [-0.39, 0.29) is 0 Å². The molecule has 0 atom stereocenters. The highest BCUT2D eigenvalue weighted by Crippen LogP contribution is 2.46. The number of piperidine rings is 1. The van der Waals surface area contributed by atoms with Crippen molar-refractivity contribution in [3.63, 3.8) is 0 Å². The number of aromatic nitrogens is 1. The van der Waals surface area contributed by atoms with Crippen molar-refractivity contribution in [2.24, 2.45) is 0 Å². The Hall–Kier alpha value is -1.35. The minimum Gasteiger partial charge on any atom is -0.369 e. The number of hydrogen-bond acceptors (Lipinski definition) is 3. The van der Waals surface area contributed by atoms with Gasteiger partial charge in [0.2, 0.25) is 0 Å². The van der Waals surface area contributed by atoms with Crippen LogP contribution < -0.4 is 4.90 Å². The van der Waals surface area contributed by atoms with Crippen molar-refractivity contribution in [3.05, 3.63) is 35.0 Å². The smallest absolute Gasteiger partial charge is 0.0678 e. The molecule has 2 bridgehead atoms. The number of thiophene rings is 1. The zero-order chi connectivity index (χ0) is 14.1. The van der Waals surface area contributed by atoms with Gasteiger partial charge in [-0.1, -0.05) is 19.9 Å². The molecule has 5 rings (SSSR count). The van der Waals surface area contributed by atoms with E-state index < -0.39 is 0 Å². The Morgan fingerprint density at radius 2 is 2.00 bits per heavy atom. The lowest BCUT2D eigenvalue weighted by molar-refractivity contribution is 0.463. The maximum atomic E-state index is 4.83. The molecular formula is C17H22N2S. The van der Waals surface area contributed by atoms with Crippen LogP contribution in [0.5, 0.6) is 0 Å². The molecule has 3 aliphatic rings. The zero-order valence-electron chi connectivity index (χ0n) is 12.5. The summed E-state index contributed by atoms with van der Waals surface area (Å²) in [5.41, 5.74) is 5.34. The van der Waals surface area contributed by atoms with Crippen LogP contribution in [0, 0.1) is 6.92 Å². The van der Waals surface area contributed by atoms with E-state index in [1.165, 1.54) is 47.8 Å². The van der Waals surface area contributed by atoms with E-state index in [1.54, 1.807) is 0 Å². The van der Waals surface area contributed by atoms with Gasteiger partial charge in [0, 0.05) is 35.1 Å². The molecule has 0 saturated carbocycles. The van der Waals surface area contributed by atoms with Gasteiger partial charge < -0.3 is 4.90 Å². The summed E-state index contributed by atoms with van der Waals surface area (Å²) in [7, 11) is 0. The third-order valence-corrected chi connectivity index (χ3v) is 5.04. The topological polar surface area (TPSA) is 16.1 Å². The summed E-state index contributed by atoms with van der Waals surface area (Å²) >= 11 is 1.83. The molecule has 0 unspecified atom stereocenters. The molecule has 2 aromatic heterocycles. The summed E-state index contributed by atoms with van der Waals surface area (Å²) in [5.74, 6) is 0.698. The van der Waals surface area contributed by atoms with Crippen LogP contribution in [0.25, 0.3) is 10.4 Å². The molecule has 0 spiro atoms. The molecular weight excluding hydrogens is 264 g/mol. The maximum absolute atomic E-state index is 4.83. The van der Waals surface area contributed by atoms with Gasteiger partial charge in [0.05, 0.1) is 11.4 Å². The number of hydrogen-bond donors (Lipinski definition) is 0. The second-order valence-corrected chi connectivity index (χ2v) is 6.23. The zero-order valence-corrected chi connectivity index (χ0v) is 13.3. The minimum atomic E-state index is 0.698. The molecule has 0 N–H and O–H groups in total. The Bertz CT molecular complexity index is 581. The molecule has 2 nitrogen and oxygen atoms in total. The molecule has 0 amide bonds. The fraction of sp³-hybridized carbons (Fsp3) is 0.471. The van der Waals surface area contributed by atoms with Crippen LogP contribution in [0.1, 0.15) is 44.0 Å². The number of rotatable bonds is 1. The standard InChI is InChI=1S/C15H16N2S.C2H6/c1-10-9-12(13-3-2-8-18-13)15-14(16-10)11-4-6-17(15)7-5-11;1-2/h2-3,8-9,11H,4-7H2,1H3;1-2H3. The normalized spacial score (nSPS) is 16.6. The average molecular weight is 286 g/mol. The monoisotopic (exact) mass is 286 g/mol. The van der Waals surface area contributed by atoms with Crippen LogP contribution in [0.3, 0.4) is 0 Å². The van der Waals surface area contributed by atoms with Gasteiger partial charge in [-0.25, -0.2) is 0 Å². The highest BCUT2D eigenvalue weighted by atomic mass is 32.1. The minimum absolute atomic E-state index is 0.698. The molecule has 5 heterocycles. The molecule has 3 heteroatoms. The quantitative estimate of drug-likeness (QED) is 0.745. The SMILES string of the molecule is CC.Cc1cc(-c2cccs2)c2c(n1)C1CCN2CC1. The number of anilines is 1. The lowest BCUT2D eigenvalue weighted by Gasteiger charge is -2.42. The Labute approximate surface area is 125 Å². The summed E-state index contributed by atoms with van der Waals surface area (Å²) in [4.78, 5) is 8.75. The fourth-order valence-electron chi connectivity index (χ4n) is 3.30. The average Bonchev–Trinajstić information content (AvgIpc) is 3.03. The van der Waals surface area contributed by atoms with Gasteiger partial charge in [-0.15, -0.1) is 11.3 Å². The Morgan fingerprint density at radius 1 is 1.25 bits per heavy atom.